The zero-order chi connectivity index (χ0) is 11.0. The first-order valence-electron chi connectivity index (χ1n) is 5.45. The van der Waals surface area contributed by atoms with Gasteiger partial charge in [-0.25, -0.2) is 0 Å². The van der Waals surface area contributed by atoms with Gasteiger partial charge >= 0.3 is 5.97 Å². The Balaban J connectivity index is 3.44. The lowest BCUT2D eigenvalue weighted by Crippen LogP contribution is -2.30. The third kappa shape index (κ3) is 8.05. The summed E-state index contributed by atoms with van der Waals surface area (Å²) < 4.78 is 4.86. The van der Waals surface area contributed by atoms with Crippen LogP contribution in [0.1, 0.15) is 40.5 Å². The van der Waals surface area contributed by atoms with Gasteiger partial charge in [0, 0.05) is 6.04 Å². The molecule has 0 aliphatic heterocycles. The van der Waals surface area contributed by atoms with Gasteiger partial charge in [-0.15, -0.1) is 0 Å². The van der Waals surface area contributed by atoms with Gasteiger partial charge in [-0.05, 0) is 32.7 Å². The Bertz CT molecular complexity index is 157. The molecule has 1 atom stereocenters. The van der Waals surface area contributed by atoms with Crippen LogP contribution in [0.4, 0.5) is 0 Å². The Morgan fingerprint density at radius 2 is 2.00 bits per heavy atom. The van der Waals surface area contributed by atoms with E-state index in [0.29, 0.717) is 18.9 Å². The van der Waals surface area contributed by atoms with E-state index in [1.165, 1.54) is 0 Å². The zero-order valence-electron chi connectivity index (χ0n) is 9.80. The van der Waals surface area contributed by atoms with Gasteiger partial charge in [-0.2, -0.15) is 0 Å². The summed E-state index contributed by atoms with van der Waals surface area (Å²) in [6.45, 7) is 9.66. The number of carbonyl (C=O) groups excluding carboxylic acids is 1. The Kier molecular flexibility index (Phi) is 7.48. The highest BCUT2D eigenvalue weighted by Crippen LogP contribution is 1.99. The first kappa shape index (κ1) is 13.4. The minimum absolute atomic E-state index is 0.114. The minimum Gasteiger partial charge on any atom is -0.466 e. The van der Waals surface area contributed by atoms with Crippen molar-refractivity contribution in [2.45, 2.75) is 46.6 Å². The summed E-state index contributed by atoms with van der Waals surface area (Å²) >= 11 is 0. The standard InChI is InChI=1S/C11H23NO2/c1-5-14-11(13)8-10(4)12-7-6-9(2)3/h9-10,12H,5-8H2,1-4H3. The number of carbonyl (C=O) groups is 1. The molecular formula is C11H23NO2. The van der Waals surface area contributed by atoms with Gasteiger partial charge in [0.15, 0.2) is 0 Å². The maximum absolute atomic E-state index is 11.1. The van der Waals surface area contributed by atoms with Gasteiger partial charge in [0.2, 0.25) is 0 Å². The maximum atomic E-state index is 11.1. The van der Waals surface area contributed by atoms with Crippen molar-refractivity contribution in [2.24, 2.45) is 5.92 Å². The smallest absolute Gasteiger partial charge is 0.307 e. The molecule has 0 aliphatic rings. The summed E-state index contributed by atoms with van der Waals surface area (Å²) in [6.07, 6.45) is 1.61. The summed E-state index contributed by atoms with van der Waals surface area (Å²) in [6, 6.07) is 0.216. The average Bonchev–Trinajstić information content (AvgIpc) is 2.03. The quantitative estimate of drug-likeness (QED) is 0.640. The van der Waals surface area contributed by atoms with Crippen LogP contribution in [0.15, 0.2) is 0 Å². The van der Waals surface area contributed by atoms with Gasteiger partial charge in [-0.1, -0.05) is 13.8 Å². The van der Waals surface area contributed by atoms with E-state index in [4.69, 9.17) is 4.74 Å². The van der Waals surface area contributed by atoms with Crippen molar-refractivity contribution < 1.29 is 9.53 Å². The second-order valence-corrected chi connectivity index (χ2v) is 4.05. The van der Waals surface area contributed by atoms with Crippen LogP contribution < -0.4 is 5.32 Å². The van der Waals surface area contributed by atoms with E-state index in [2.05, 4.69) is 19.2 Å². The summed E-state index contributed by atoms with van der Waals surface area (Å²) in [5, 5.41) is 3.30. The largest absolute Gasteiger partial charge is 0.466 e. The van der Waals surface area contributed by atoms with Crippen LogP contribution in [-0.4, -0.2) is 25.2 Å². The van der Waals surface area contributed by atoms with Crippen molar-refractivity contribution in [2.75, 3.05) is 13.2 Å². The van der Waals surface area contributed by atoms with E-state index < -0.39 is 0 Å². The highest BCUT2D eigenvalue weighted by molar-refractivity contribution is 5.69. The topological polar surface area (TPSA) is 38.3 Å². The lowest BCUT2D eigenvalue weighted by Gasteiger charge is -2.13. The monoisotopic (exact) mass is 201 g/mol. The average molecular weight is 201 g/mol. The molecule has 0 radical (unpaired) electrons. The zero-order valence-corrected chi connectivity index (χ0v) is 9.80. The van der Waals surface area contributed by atoms with Crippen LogP contribution in [0.3, 0.4) is 0 Å². The molecule has 0 fully saturated rings. The molecule has 3 heteroatoms. The SMILES string of the molecule is CCOC(=O)CC(C)NCCC(C)C. The molecule has 14 heavy (non-hydrogen) atoms. The Morgan fingerprint density at radius 3 is 2.50 bits per heavy atom. The summed E-state index contributed by atoms with van der Waals surface area (Å²) in [5.74, 6) is 0.592. The molecule has 0 saturated heterocycles. The molecule has 0 aromatic rings. The Morgan fingerprint density at radius 1 is 1.36 bits per heavy atom. The van der Waals surface area contributed by atoms with Crippen molar-refractivity contribution in [3.05, 3.63) is 0 Å². The Hall–Kier alpha value is -0.570. The van der Waals surface area contributed by atoms with E-state index in [9.17, 15) is 4.79 Å². The highest BCUT2D eigenvalue weighted by atomic mass is 16.5. The van der Waals surface area contributed by atoms with Crippen LogP contribution in [0, 0.1) is 5.92 Å². The number of hydrogen-bond acceptors (Lipinski definition) is 3. The van der Waals surface area contributed by atoms with E-state index in [-0.39, 0.29) is 12.0 Å². The molecule has 0 heterocycles. The van der Waals surface area contributed by atoms with Crippen molar-refractivity contribution in [3.8, 4) is 0 Å². The van der Waals surface area contributed by atoms with Gasteiger partial charge < -0.3 is 10.1 Å². The van der Waals surface area contributed by atoms with E-state index >= 15 is 0 Å². The predicted octanol–water partition coefficient (Wildman–Crippen LogP) is 1.96. The number of hydrogen-bond donors (Lipinski definition) is 1. The first-order chi connectivity index (χ1) is 6.56. The molecule has 1 unspecified atom stereocenters. The molecule has 0 amide bonds. The number of nitrogens with one attached hydrogen (secondary N) is 1. The fourth-order valence-electron chi connectivity index (χ4n) is 1.16. The van der Waals surface area contributed by atoms with Crippen molar-refractivity contribution in [3.63, 3.8) is 0 Å². The molecule has 0 aromatic carbocycles. The lowest BCUT2D eigenvalue weighted by molar-refractivity contribution is -0.143. The maximum Gasteiger partial charge on any atom is 0.307 e. The van der Waals surface area contributed by atoms with Gasteiger partial charge in [0.1, 0.15) is 0 Å². The molecule has 0 aliphatic carbocycles. The second-order valence-electron chi connectivity index (χ2n) is 4.05. The van der Waals surface area contributed by atoms with Crippen molar-refractivity contribution in [1.82, 2.24) is 5.32 Å². The molecule has 1 N–H and O–H groups in total. The normalized spacial score (nSPS) is 12.9. The molecule has 3 nitrogen and oxygen atoms in total. The van der Waals surface area contributed by atoms with E-state index in [1.807, 2.05) is 13.8 Å². The number of ether oxygens (including phenoxy) is 1. The number of rotatable bonds is 7. The van der Waals surface area contributed by atoms with Gasteiger partial charge in [0.25, 0.3) is 0 Å². The fourth-order valence-corrected chi connectivity index (χ4v) is 1.16. The third-order valence-corrected chi connectivity index (χ3v) is 1.99. The molecular weight excluding hydrogens is 178 g/mol. The molecule has 0 spiro atoms. The second kappa shape index (κ2) is 7.80. The number of esters is 1. The van der Waals surface area contributed by atoms with Crippen LogP contribution in [0.25, 0.3) is 0 Å². The minimum atomic E-state index is -0.114. The molecule has 0 rings (SSSR count). The molecule has 0 aromatic heterocycles. The first-order valence-corrected chi connectivity index (χ1v) is 5.45. The summed E-state index contributed by atoms with van der Waals surface area (Å²) in [5.41, 5.74) is 0. The van der Waals surface area contributed by atoms with Gasteiger partial charge in [-0.3, -0.25) is 4.79 Å². The van der Waals surface area contributed by atoms with Crippen LogP contribution in [-0.2, 0) is 9.53 Å². The summed E-state index contributed by atoms with van der Waals surface area (Å²) in [7, 11) is 0. The molecule has 0 saturated carbocycles. The van der Waals surface area contributed by atoms with E-state index in [1.54, 1.807) is 0 Å². The molecule has 0 bridgehead atoms. The van der Waals surface area contributed by atoms with E-state index in [0.717, 1.165) is 13.0 Å². The van der Waals surface area contributed by atoms with Crippen molar-refractivity contribution >= 4 is 5.97 Å². The van der Waals surface area contributed by atoms with Crippen LogP contribution in [0.5, 0.6) is 0 Å². The van der Waals surface area contributed by atoms with Gasteiger partial charge in [0.05, 0.1) is 13.0 Å². The fraction of sp³-hybridized carbons (Fsp3) is 0.909. The predicted molar refractivity (Wildman–Crippen MR) is 58.2 cm³/mol. The third-order valence-electron chi connectivity index (χ3n) is 1.99. The van der Waals surface area contributed by atoms with Crippen molar-refractivity contribution in [1.29, 1.82) is 0 Å². The summed E-state index contributed by atoms with van der Waals surface area (Å²) in [4.78, 5) is 11.1. The van der Waals surface area contributed by atoms with Crippen LogP contribution in [0.2, 0.25) is 0 Å². The lowest BCUT2D eigenvalue weighted by atomic mass is 10.1. The molecule has 84 valence electrons. The Labute approximate surface area is 87.2 Å². The highest BCUT2D eigenvalue weighted by Gasteiger charge is 2.08. The van der Waals surface area contributed by atoms with Crippen LogP contribution >= 0.6 is 0 Å².